The highest BCUT2D eigenvalue weighted by molar-refractivity contribution is 9.10. The number of halogens is 6. The summed E-state index contributed by atoms with van der Waals surface area (Å²) in [5.74, 6) is 0. The van der Waals surface area contributed by atoms with Crippen molar-refractivity contribution >= 4 is 62.2 Å². The second kappa shape index (κ2) is 12.0. The van der Waals surface area contributed by atoms with Gasteiger partial charge in [0.15, 0.2) is 10.8 Å². The molecule has 0 amide bonds. The molecule has 3 rings (SSSR count). The molecule has 3 aromatic heterocycles. The quantitative estimate of drug-likeness (QED) is 0.222. The largest absolute Gasteiger partial charge is 0.434 e. The molecule has 0 saturated heterocycles. The van der Waals surface area contributed by atoms with E-state index in [4.69, 9.17) is 27.9 Å². The van der Waals surface area contributed by atoms with Gasteiger partial charge in [-0.15, -0.1) is 5.10 Å². The van der Waals surface area contributed by atoms with Crippen LogP contribution in [-0.2, 0) is 17.5 Å². The maximum Gasteiger partial charge on any atom is 0.434 e. The molecule has 0 fully saturated rings. The first kappa shape index (κ1) is 28.5. The molecular formula is C18H17BrCl2F3N5O4S2. The van der Waals surface area contributed by atoms with Crippen molar-refractivity contribution in [3.8, 4) is 10.7 Å². The van der Waals surface area contributed by atoms with Gasteiger partial charge >= 0.3 is 6.18 Å². The summed E-state index contributed by atoms with van der Waals surface area (Å²) in [6.45, 7) is 0.680. The fourth-order valence-corrected chi connectivity index (χ4v) is 5.54. The molecule has 0 aliphatic carbocycles. The number of aliphatic hydroxyl groups is 3. The lowest BCUT2D eigenvalue weighted by atomic mass is 10.2. The normalized spacial score (nSPS) is 15.7. The van der Waals surface area contributed by atoms with Gasteiger partial charge in [-0.2, -0.15) is 13.2 Å². The number of alkyl halides is 3. The number of ether oxygens (including phenoxy) is 1. The Labute approximate surface area is 223 Å². The first-order valence-electron chi connectivity index (χ1n) is 9.63. The first-order valence-corrected chi connectivity index (χ1v) is 12.9. The Morgan fingerprint density at radius 1 is 1.31 bits per heavy atom. The van der Waals surface area contributed by atoms with E-state index in [1.54, 1.807) is 0 Å². The first-order chi connectivity index (χ1) is 16.4. The number of hydrogen-bond donors (Lipinski definition) is 3. The monoisotopic (exact) mass is 637 g/mol. The molecule has 0 saturated carbocycles. The predicted molar refractivity (Wildman–Crippen MR) is 127 cm³/mol. The van der Waals surface area contributed by atoms with Crippen LogP contribution in [0, 0.1) is 0 Å². The van der Waals surface area contributed by atoms with Gasteiger partial charge in [0.2, 0.25) is 0 Å². The number of hydrogen-bond acceptors (Lipinski definition) is 10. The standard InChI is InChI=1S/C18H17BrCl2F3N5O4S2/c1-7(31)12(6-30)33-17(34-8-2-9(19)13(25-3-8)18(22,23)24)11(32)5-29-4-10(27-28-29)16-26-14(20)15(21)35-16/h2-4,7,11-12,17,30-32H,5-6H2,1H3/t7-,11+,12?,17?/m1/s1. The summed E-state index contributed by atoms with van der Waals surface area (Å²) in [6, 6.07) is 1.18. The molecule has 3 aromatic rings. The SMILES string of the molecule is C[C@@H](O)C(CO)OC(Sc1cnc(C(F)(F)F)c(Br)c1)[C@@H](O)Cn1cc(-c2nc(Cl)c(Cl)s2)nn1. The molecule has 0 aliphatic heterocycles. The van der Waals surface area contributed by atoms with Crippen LogP contribution in [0.4, 0.5) is 13.2 Å². The highest BCUT2D eigenvalue weighted by atomic mass is 79.9. The molecule has 192 valence electrons. The summed E-state index contributed by atoms with van der Waals surface area (Å²) >= 11 is 16.6. The van der Waals surface area contributed by atoms with E-state index >= 15 is 0 Å². The third-order valence-corrected chi connectivity index (χ3v) is 7.87. The van der Waals surface area contributed by atoms with Crippen LogP contribution in [0.1, 0.15) is 12.6 Å². The van der Waals surface area contributed by atoms with Crippen molar-refractivity contribution in [2.45, 2.75) is 48.3 Å². The van der Waals surface area contributed by atoms with E-state index in [0.717, 1.165) is 29.3 Å². The zero-order chi connectivity index (χ0) is 25.9. The maximum atomic E-state index is 13.0. The van der Waals surface area contributed by atoms with Crippen LogP contribution < -0.4 is 0 Å². The Morgan fingerprint density at radius 3 is 2.57 bits per heavy atom. The van der Waals surface area contributed by atoms with Crippen molar-refractivity contribution < 1.29 is 33.2 Å². The van der Waals surface area contributed by atoms with E-state index in [1.165, 1.54) is 23.9 Å². The molecule has 0 aromatic carbocycles. The molecule has 0 bridgehead atoms. The van der Waals surface area contributed by atoms with E-state index in [-0.39, 0.29) is 25.4 Å². The smallest absolute Gasteiger partial charge is 0.394 e. The van der Waals surface area contributed by atoms with Gasteiger partial charge in [-0.1, -0.05) is 51.5 Å². The summed E-state index contributed by atoms with van der Waals surface area (Å²) in [7, 11) is 0. The molecule has 0 aliphatic rings. The Hall–Kier alpha value is -1.04. The van der Waals surface area contributed by atoms with Crippen LogP contribution in [-0.4, -0.2) is 70.6 Å². The van der Waals surface area contributed by atoms with Gasteiger partial charge in [-0.05, 0) is 28.9 Å². The van der Waals surface area contributed by atoms with Gasteiger partial charge in [-0.3, -0.25) is 0 Å². The van der Waals surface area contributed by atoms with Gasteiger partial charge < -0.3 is 20.1 Å². The van der Waals surface area contributed by atoms with Crippen LogP contribution in [0.15, 0.2) is 27.8 Å². The Bertz CT molecular complexity index is 1130. The van der Waals surface area contributed by atoms with Crippen molar-refractivity contribution in [3.63, 3.8) is 0 Å². The number of thioether (sulfide) groups is 1. The Balaban J connectivity index is 1.80. The van der Waals surface area contributed by atoms with Crippen LogP contribution in [0.25, 0.3) is 10.7 Å². The number of pyridine rings is 1. The van der Waals surface area contributed by atoms with Gasteiger partial charge in [0, 0.05) is 15.6 Å². The van der Waals surface area contributed by atoms with Gasteiger partial charge in [-0.25, -0.2) is 14.6 Å². The molecule has 35 heavy (non-hydrogen) atoms. The van der Waals surface area contributed by atoms with E-state index in [0.29, 0.717) is 10.7 Å². The van der Waals surface area contributed by atoms with Crippen LogP contribution in [0.3, 0.4) is 0 Å². The zero-order valence-electron chi connectivity index (χ0n) is 17.5. The molecule has 2 unspecified atom stereocenters. The number of rotatable bonds is 10. The maximum absolute atomic E-state index is 13.0. The molecule has 0 spiro atoms. The number of aromatic nitrogens is 5. The van der Waals surface area contributed by atoms with E-state index in [2.05, 4.69) is 36.2 Å². The summed E-state index contributed by atoms with van der Waals surface area (Å²) in [4.78, 5) is 7.75. The third-order valence-electron chi connectivity index (χ3n) is 4.36. The average Bonchev–Trinajstić information content (AvgIpc) is 3.36. The topological polar surface area (TPSA) is 126 Å². The minimum Gasteiger partial charge on any atom is -0.394 e. The molecule has 3 N–H and O–H groups in total. The minimum atomic E-state index is -4.65. The highest BCUT2D eigenvalue weighted by Crippen LogP contribution is 2.37. The number of aliphatic hydroxyl groups excluding tert-OH is 3. The molecule has 17 heteroatoms. The molecule has 4 atom stereocenters. The Kier molecular flexibility index (Phi) is 9.78. The molecular weight excluding hydrogens is 622 g/mol. The van der Waals surface area contributed by atoms with E-state index < -0.39 is 42.2 Å². The molecule has 9 nitrogen and oxygen atoms in total. The average molecular weight is 639 g/mol. The third kappa shape index (κ3) is 7.49. The van der Waals surface area contributed by atoms with Crippen molar-refractivity contribution in [1.29, 1.82) is 0 Å². The lowest BCUT2D eigenvalue weighted by molar-refractivity contribution is -0.141. The lowest BCUT2D eigenvalue weighted by Gasteiger charge is -2.28. The van der Waals surface area contributed by atoms with E-state index in [1.807, 2.05) is 0 Å². The Morgan fingerprint density at radius 2 is 2.03 bits per heavy atom. The summed E-state index contributed by atoms with van der Waals surface area (Å²) in [6.07, 6.45) is -5.63. The summed E-state index contributed by atoms with van der Waals surface area (Å²) in [5, 5.41) is 38.7. The van der Waals surface area contributed by atoms with Crippen molar-refractivity contribution in [1.82, 2.24) is 25.0 Å². The summed E-state index contributed by atoms with van der Waals surface area (Å²) in [5.41, 5.74) is -1.88. The van der Waals surface area contributed by atoms with Crippen LogP contribution >= 0.6 is 62.2 Å². The lowest BCUT2D eigenvalue weighted by Crippen LogP contribution is -2.39. The second-order valence-corrected chi connectivity index (χ2v) is 11.0. The fraction of sp³-hybridized carbons (Fsp3) is 0.444. The van der Waals surface area contributed by atoms with Crippen molar-refractivity contribution in [2.75, 3.05) is 6.61 Å². The van der Waals surface area contributed by atoms with Crippen LogP contribution in [0.2, 0.25) is 9.49 Å². The molecule has 0 radical (unpaired) electrons. The van der Waals surface area contributed by atoms with Gasteiger partial charge in [0.25, 0.3) is 0 Å². The molecule has 3 heterocycles. The highest BCUT2D eigenvalue weighted by Gasteiger charge is 2.35. The van der Waals surface area contributed by atoms with Gasteiger partial charge in [0.05, 0.1) is 25.5 Å². The van der Waals surface area contributed by atoms with Crippen molar-refractivity contribution in [3.05, 3.63) is 38.1 Å². The van der Waals surface area contributed by atoms with Crippen LogP contribution in [0.5, 0.6) is 0 Å². The second-order valence-electron chi connectivity index (χ2n) is 7.06. The minimum absolute atomic E-state index is 0.121. The zero-order valence-corrected chi connectivity index (χ0v) is 22.3. The van der Waals surface area contributed by atoms with Gasteiger partial charge in [0.1, 0.15) is 32.7 Å². The van der Waals surface area contributed by atoms with Crippen molar-refractivity contribution in [2.24, 2.45) is 0 Å². The summed E-state index contributed by atoms with van der Waals surface area (Å²) < 4.78 is 46.0. The fourth-order valence-electron chi connectivity index (χ4n) is 2.66. The number of nitrogens with zero attached hydrogens (tertiary/aromatic N) is 5. The van der Waals surface area contributed by atoms with E-state index in [9.17, 15) is 28.5 Å². The number of thiazole rings is 1. The predicted octanol–water partition coefficient (Wildman–Crippen LogP) is 4.12.